The molecule has 0 fully saturated rings. The van der Waals surface area contributed by atoms with Crippen LogP contribution >= 0.6 is 0 Å². The van der Waals surface area contributed by atoms with E-state index in [9.17, 15) is 4.79 Å². The third kappa shape index (κ3) is 4.62. The van der Waals surface area contributed by atoms with Crippen molar-refractivity contribution in [2.45, 2.75) is 45.7 Å². The van der Waals surface area contributed by atoms with Gasteiger partial charge in [0.05, 0.1) is 0 Å². The van der Waals surface area contributed by atoms with Gasteiger partial charge >= 0.3 is 5.97 Å². The fraction of sp³-hybridized carbons (Fsp3) is 0.909. The van der Waals surface area contributed by atoms with Crippen LogP contribution in [0.15, 0.2) is 0 Å². The minimum absolute atomic E-state index is 0.439. The van der Waals surface area contributed by atoms with E-state index in [1.54, 1.807) is 6.92 Å². The fourth-order valence-electron chi connectivity index (χ4n) is 1.23. The van der Waals surface area contributed by atoms with Crippen molar-refractivity contribution in [1.29, 1.82) is 0 Å². The Bertz CT molecular complexity index is 215. The first-order chi connectivity index (χ1) is 6.68. The second-order valence-electron chi connectivity index (χ2n) is 4.94. The van der Waals surface area contributed by atoms with Crippen molar-refractivity contribution in [3.8, 4) is 0 Å². The summed E-state index contributed by atoms with van der Waals surface area (Å²) >= 11 is 0. The molecule has 0 aliphatic rings. The van der Waals surface area contributed by atoms with Crippen LogP contribution in [0.1, 0.15) is 34.1 Å². The highest BCUT2D eigenvalue weighted by molar-refractivity contribution is 5.77. The van der Waals surface area contributed by atoms with Crippen molar-refractivity contribution in [2.24, 2.45) is 11.7 Å². The van der Waals surface area contributed by atoms with E-state index in [1.165, 1.54) is 0 Å². The van der Waals surface area contributed by atoms with Crippen molar-refractivity contribution >= 4 is 5.97 Å². The summed E-state index contributed by atoms with van der Waals surface area (Å²) in [6, 6.07) is 0.439. The van der Waals surface area contributed by atoms with E-state index in [4.69, 9.17) is 10.8 Å². The third-order valence-corrected chi connectivity index (χ3v) is 3.13. The lowest BCUT2D eigenvalue weighted by molar-refractivity contribution is -0.143. The minimum atomic E-state index is -1.12. The molecule has 0 saturated carbocycles. The van der Waals surface area contributed by atoms with Crippen LogP contribution in [-0.4, -0.2) is 41.1 Å². The molecule has 0 aliphatic heterocycles. The van der Waals surface area contributed by atoms with Crippen molar-refractivity contribution < 1.29 is 9.90 Å². The number of rotatable bonds is 6. The lowest BCUT2D eigenvalue weighted by Gasteiger charge is -2.30. The first-order valence-electron chi connectivity index (χ1n) is 5.41. The standard InChI is InChI=1S/C11H24N2O2/c1-8(2)9(3)13(5)7-6-11(4,12)10(14)15/h8-9H,6-7,12H2,1-5H3,(H,14,15). The summed E-state index contributed by atoms with van der Waals surface area (Å²) in [7, 11) is 2.00. The molecule has 0 aromatic heterocycles. The maximum absolute atomic E-state index is 10.8. The van der Waals surface area contributed by atoms with E-state index in [-0.39, 0.29) is 0 Å². The molecule has 0 rings (SSSR count). The Morgan fingerprint density at radius 3 is 2.27 bits per heavy atom. The number of carboxylic acids is 1. The second-order valence-corrected chi connectivity index (χ2v) is 4.94. The van der Waals surface area contributed by atoms with E-state index in [0.717, 1.165) is 0 Å². The summed E-state index contributed by atoms with van der Waals surface area (Å²) in [5.41, 5.74) is 4.54. The summed E-state index contributed by atoms with van der Waals surface area (Å²) in [6.07, 6.45) is 0.468. The Morgan fingerprint density at radius 2 is 1.93 bits per heavy atom. The molecule has 0 radical (unpaired) electrons. The summed E-state index contributed by atoms with van der Waals surface area (Å²) < 4.78 is 0. The highest BCUT2D eigenvalue weighted by atomic mass is 16.4. The predicted octanol–water partition coefficient (Wildman–Crippen LogP) is 1.15. The quantitative estimate of drug-likeness (QED) is 0.699. The van der Waals surface area contributed by atoms with Crippen molar-refractivity contribution in [2.75, 3.05) is 13.6 Å². The van der Waals surface area contributed by atoms with Crippen LogP contribution in [0.5, 0.6) is 0 Å². The molecule has 0 aromatic rings. The molecular formula is C11H24N2O2. The first-order valence-corrected chi connectivity index (χ1v) is 5.41. The molecule has 0 bridgehead atoms. The zero-order valence-corrected chi connectivity index (χ0v) is 10.4. The first kappa shape index (κ1) is 14.4. The number of nitrogens with zero attached hydrogens (tertiary/aromatic N) is 1. The van der Waals surface area contributed by atoms with E-state index in [1.807, 2.05) is 7.05 Å². The smallest absolute Gasteiger partial charge is 0.323 e. The monoisotopic (exact) mass is 216 g/mol. The van der Waals surface area contributed by atoms with Crippen molar-refractivity contribution in [1.82, 2.24) is 4.90 Å². The Morgan fingerprint density at radius 1 is 1.47 bits per heavy atom. The number of carboxylic acid groups (broad SMARTS) is 1. The molecule has 0 amide bonds. The average Bonchev–Trinajstić information content (AvgIpc) is 2.12. The van der Waals surface area contributed by atoms with Gasteiger partial charge in [0.1, 0.15) is 5.54 Å². The topological polar surface area (TPSA) is 66.6 Å². The van der Waals surface area contributed by atoms with Crippen LogP contribution in [0.4, 0.5) is 0 Å². The molecule has 4 heteroatoms. The van der Waals surface area contributed by atoms with Gasteiger partial charge < -0.3 is 15.7 Å². The molecular weight excluding hydrogens is 192 g/mol. The lowest BCUT2D eigenvalue weighted by atomic mass is 9.98. The van der Waals surface area contributed by atoms with Crippen LogP contribution in [0.3, 0.4) is 0 Å². The Kier molecular flexibility index (Phi) is 5.24. The molecule has 4 nitrogen and oxygen atoms in total. The normalized spacial score (nSPS) is 17.9. The van der Waals surface area contributed by atoms with Crippen molar-refractivity contribution in [3.63, 3.8) is 0 Å². The molecule has 90 valence electrons. The summed E-state index contributed by atoms with van der Waals surface area (Å²) in [6.45, 7) is 8.71. The van der Waals surface area contributed by atoms with Crippen LogP contribution in [0, 0.1) is 5.92 Å². The van der Waals surface area contributed by atoms with Crippen LogP contribution in [-0.2, 0) is 4.79 Å². The zero-order valence-electron chi connectivity index (χ0n) is 10.4. The lowest BCUT2D eigenvalue weighted by Crippen LogP contribution is -2.48. The average molecular weight is 216 g/mol. The Balaban J connectivity index is 4.11. The maximum atomic E-state index is 10.8. The highest BCUT2D eigenvalue weighted by Crippen LogP contribution is 2.12. The number of nitrogens with two attached hydrogens (primary N) is 1. The summed E-state index contributed by atoms with van der Waals surface area (Å²) in [5, 5.41) is 8.86. The van der Waals surface area contributed by atoms with Gasteiger partial charge in [-0.05, 0) is 33.2 Å². The van der Waals surface area contributed by atoms with Crippen LogP contribution in [0.25, 0.3) is 0 Å². The highest BCUT2D eigenvalue weighted by Gasteiger charge is 2.28. The second kappa shape index (κ2) is 5.47. The largest absolute Gasteiger partial charge is 0.480 e. The fourth-order valence-corrected chi connectivity index (χ4v) is 1.23. The molecule has 2 unspecified atom stereocenters. The Labute approximate surface area is 92.4 Å². The SMILES string of the molecule is CC(C)C(C)N(C)CCC(C)(N)C(=O)O. The molecule has 0 aromatic carbocycles. The molecule has 0 heterocycles. The van der Waals surface area contributed by atoms with Crippen LogP contribution in [0.2, 0.25) is 0 Å². The van der Waals surface area contributed by atoms with Gasteiger partial charge in [-0.25, -0.2) is 0 Å². The van der Waals surface area contributed by atoms with Gasteiger partial charge in [-0.15, -0.1) is 0 Å². The number of hydrogen-bond donors (Lipinski definition) is 2. The minimum Gasteiger partial charge on any atom is -0.480 e. The van der Waals surface area contributed by atoms with Crippen LogP contribution < -0.4 is 5.73 Å². The van der Waals surface area contributed by atoms with Gasteiger partial charge in [0.25, 0.3) is 0 Å². The third-order valence-electron chi connectivity index (χ3n) is 3.13. The van der Waals surface area contributed by atoms with Gasteiger partial charge in [0.15, 0.2) is 0 Å². The van der Waals surface area contributed by atoms with E-state index >= 15 is 0 Å². The zero-order chi connectivity index (χ0) is 12.2. The van der Waals surface area contributed by atoms with Gasteiger partial charge in [0.2, 0.25) is 0 Å². The predicted molar refractivity (Wildman–Crippen MR) is 61.8 cm³/mol. The van der Waals surface area contributed by atoms with Gasteiger partial charge in [-0.3, -0.25) is 4.79 Å². The van der Waals surface area contributed by atoms with Crippen molar-refractivity contribution in [3.05, 3.63) is 0 Å². The summed E-state index contributed by atoms with van der Waals surface area (Å²) in [4.78, 5) is 12.9. The van der Waals surface area contributed by atoms with E-state index in [2.05, 4.69) is 25.7 Å². The van der Waals surface area contributed by atoms with Gasteiger partial charge in [-0.2, -0.15) is 0 Å². The number of aliphatic carboxylic acids is 1. The summed E-state index contributed by atoms with van der Waals surface area (Å²) in [5.74, 6) is -0.378. The molecule has 0 saturated heterocycles. The molecule has 15 heavy (non-hydrogen) atoms. The Hall–Kier alpha value is -0.610. The van der Waals surface area contributed by atoms with Gasteiger partial charge in [0, 0.05) is 12.6 Å². The van der Waals surface area contributed by atoms with Gasteiger partial charge in [-0.1, -0.05) is 13.8 Å². The molecule has 0 aliphatic carbocycles. The molecule has 2 atom stereocenters. The maximum Gasteiger partial charge on any atom is 0.323 e. The van der Waals surface area contributed by atoms with E-state index < -0.39 is 11.5 Å². The molecule has 0 spiro atoms. The van der Waals surface area contributed by atoms with E-state index in [0.29, 0.717) is 24.9 Å². The number of carbonyl (C=O) groups is 1. The number of hydrogen-bond acceptors (Lipinski definition) is 3. The molecule has 3 N–H and O–H groups in total.